The maximum absolute atomic E-state index is 13.1. The first-order valence-electron chi connectivity index (χ1n) is 8.54. The summed E-state index contributed by atoms with van der Waals surface area (Å²) in [5, 5.41) is 20.6. The van der Waals surface area contributed by atoms with Gasteiger partial charge in [0.25, 0.3) is 5.91 Å². The molecule has 2 heterocycles. The van der Waals surface area contributed by atoms with Crippen LogP contribution in [-0.2, 0) is 4.79 Å². The minimum absolute atomic E-state index is 0.0269. The molecular weight excluding hydrogens is 322 g/mol. The molecule has 3 unspecified atom stereocenters. The molecule has 1 aromatic carbocycles. The number of hydrogen-bond acceptors (Lipinski definition) is 5. The van der Waals surface area contributed by atoms with Crippen molar-refractivity contribution in [2.24, 2.45) is 5.92 Å². The molecule has 1 N–H and O–H groups in total. The first-order valence-corrected chi connectivity index (χ1v) is 8.54. The van der Waals surface area contributed by atoms with E-state index >= 15 is 0 Å². The number of carboxylic acid groups (broad SMARTS) is 1. The second kappa shape index (κ2) is 6.27. The van der Waals surface area contributed by atoms with Gasteiger partial charge in [0.2, 0.25) is 0 Å². The van der Waals surface area contributed by atoms with Crippen LogP contribution in [0.15, 0.2) is 30.6 Å². The third-order valence-electron chi connectivity index (χ3n) is 5.31. The summed E-state index contributed by atoms with van der Waals surface area (Å²) >= 11 is 0. The Labute approximate surface area is 144 Å². The van der Waals surface area contributed by atoms with Gasteiger partial charge in [0.05, 0.1) is 5.69 Å². The zero-order chi connectivity index (χ0) is 17.4. The van der Waals surface area contributed by atoms with E-state index in [4.69, 9.17) is 0 Å². The van der Waals surface area contributed by atoms with E-state index in [1.807, 2.05) is 0 Å². The molecule has 4 rings (SSSR count). The molecule has 8 heteroatoms. The van der Waals surface area contributed by atoms with E-state index in [9.17, 15) is 14.7 Å². The summed E-state index contributed by atoms with van der Waals surface area (Å²) in [4.78, 5) is 26.5. The second-order valence-electron chi connectivity index (χ2n) is 6.72. The average Bonchev–Trinajstić information content (AvgIpc) is 3.29. The Morgan fingerprint density at radius 2 is 2.04 bits per heavy atom. The van der Waals surface area contributed by atoms with E-state index in [2.05, 4.69) is 15.5 Å². The highest BCUT2D eigenvalue weighted by Crippen LogP contribution is 2.40. The summed E-state index contributed by atoms with van der Waals surface area (Å²) in [5.74, 6) is -0.849. The zero-order valence-electron chi connectivity index (χ0n) is 13.7. The number of nitrogens with zero attached hydrogens (tertiary/aromatic N) is 5. The van der Waals surface area contributed by atoms with Crippen LogP contribution in [-0.4, -0.2) is 54.2 Å². The predicted octanol–water partition coefficient (Wildman–Crippen LogP) is 1.52. The van der Waals surface area contributed by atoms with Gasteiger partial charge in [-0.2, -0.15) is 0 Å². The number of aromatic nitrogens is 4. The number of fused-ring (bicyclic) bond motifs is 1. The SMILES string of the molecule is O=C(O)C1CC2CCCCC2N1C(=O)c1cccc(-n2cnnn2)c1. The summed E-state index contributed by atoms with van der Waals surface area (Å²) in [5.41, 5.74) is 1.13. The lowest BCUT2D eigenvalue weighted by atomic mass is 9.84. The van der Waals surface area contributed by atoms with E-state index in [1.54, 1.807) is 29.2 Å². The van der Waals surface area contributed by atoms with Gasteiger partial charge in [-0.15, -0.1) is 5.10 Å². The Kier molecular flexibility index (Phi) is 3.95. The lowest BCUT2D eigenvalue weighted by molar-refractivity contribution is -0.141. The lowest BCUT2D eigenvalue weighted by Crippen LogP contribution is -2.46. The summed E-state index contributed by atoms with van der Waals surface area (Å²) in [6.07, 6.45) is 6.05. The van der Waals surface area contributed by atoms with Crippen LogP contribution in [0.2, 0.25) is 0 Å². The van der Waals surface area contributed by atoms with Crippen LogP contribution in [0.4, 0.5) is 0 Å². The maximum atomic E-state index is 13.1. The van der Waals surface area contributed by atoms with Gasteiger partial charge in [-0.25, -0.2) is 9.48 Å². The summed E-state index contributed by atoms with van der Waals surface area (Å²) < 4.78 is 1.47. The van der Waals surface area contributed by atoms with Crippen molar-refractivity contribution in [1.29, 1.82) is 0 Å². The Morgan fingerprint density at radius 3 is 2.80 bits per heavy atom. The second-order valence-corrected chi connectivity index (χ2v) is 6.72. The van der Waals surface area contributed by atoms with Crippen molar-refractivity contribution in [2.75, 3.05) is 0 Å². The molecule has 3 atom stereocenters. The van der Waals surface area contributed by atoms with Gasteiger partial charge >= 0.3 is 5.97 Å². The lowest BCUT2D eigenvalue weighted by Gasteiger charge is -2.33. The summed E-state index contributed by atoms with van der Waals surface area (Å²) in [7, 11) is 0. The van der Waals surface area contributed by atoms with E-state index < -0.39 is 12.0 Å². The first-order chi connectivity index (χ1) is 12.1. The Balaban J connectivity index is 1.67. The topological polar surface area (TPSA) is 101 Å². The van der Waals surface area contributed by atoms with E-state index in [0.29, 0.717) is 23.6 Å². The Hall–Kier alpha value is -2.77. The fourth-order valence-corrected chi connectivity index (χ4v) is 4.18. The van der Waals surface area contributed by atoms with Crippen molar-refractivity contribution in [2.45, 2.75) is 44.2 Å². The number of tetrazole rings is 1. The fourth-order valence-electron chi connectivity index (χ4n) is 4.18. The molecule has 1 aliphatic carbocycles. The summed E-state index contributed by atoms with van der Waals surface area (Å²) in [6.45, 7) is 0. The fraction of sp³-hybridized carbons (Fsp3) is 0.471. The number of benzene rings is 1. The quantitative estimate of drug-likeness (QED) is 0.908. The highest BCUT2D eigenvalue weighted by atomic mass is 16.4. The molecule has 130 valence electrons. The monoisotopic (exact) mass is 341 g/mol. The molecule has 1 saturated carbocycles. The molecule has 0 radical (unpaired) electrons. The number of carbonyl (C=O) groups is 2. The van der Waals surface area contributed by atoms with Gasteiger partial charge in [0, 0.05) is 11.6 Å². The number of carbonyl (C=O) groups excluding carboxylic acids is 1. The molecular formula is C17H19N5O3. The largest absolute Gasteiger partial charge is 0.480 e. The van der Waals surface area contributed by atoms with Gasteiger partial charge in [0.15, 0.2) is 0 Å². The molecule has 8 nitrogen and oxygen atoms in total. The van der Waals surface area contributed by atoms with Crippen LogP contribution in [0.1, 0.15) is 42.5 Å². The molecule has 1 saturated heterocycles. The number of hydrogen-bond donors (Lipinski definition) is 1. The van der Waals surface area contributed by atoms with Crippen molar-refractivity contribution < 1.29 is 14.7 Å². The van der Waals surface area contributed by atoms with Gasteiger partial charge in [-0.1, -0.05) is 18.9 Å². The molecule has 2 aromatic rings. The maximum Gasteiger partial charge on any atom is 0.326 e. The molecule has 1 aliphatic heterocycles. The Bertz CT molecular complexity index is 791. The minimum Gasteiger partial charge on any atom is -0.480 e. The third kappa shape index (κ3) is 2.77. The molecule has 1 amide bonds. The normalized spacial score (nSPS) is 25.6. The van der Waals surface area contributed by atoms with Crippen LogP contribution < -0.4 is 0 Å². The molecule has 2 fully saturated rings. The minimum atomic E-state index is -0.917. The number of aliphatic carboxylic acids is 1. The van der Waals surface area contributed by atoms with Crippen LogP contribution in [0.3, 0.4) is 0 Å². The van der Waals surface area contributed by atoms with E-state index in [1.165, 1.54) is 11.0 Å². The van der Waals surface area contributed by atoms with Crippen molar-refractivity contribution in [3.63, 3.8) is 0 Å². The van der Waals surface area contributed by atoms with Crippen LogP contribution >= 0.6 is 0 Å². The molecule has 2 aliphatic rings. The predicted molar refractivity (Wildman–Crippen MR) is 87.1 cm³/mol. The number of carboxylic acids is 1. The van der Waals surface area contributed by atoms with Crippen LogP contribution in [0, 0.1) is 5.92 Å². The van der Waals surface area contributed by atoms with Crippen molar-refractivity contribution >= 4 is 11.9 Å². The molecule has 0 spiro atoms. The van der Waals surface area contributed by atoms with Crippen LogP contribution in [0.5, 0.6) is 0 Å². The number of amides is 1. The van der Waals surface area contributed by atoms with E-state index in [0.717, 1.165) is 25.7 Å². The Morgan fingerprint density at radius 1 is 1.20 bits per heavy atom. The van der Waals surface area contributed by atoms with E-state index in [-0.39, 0.29) is 11.9 Å². The van der Waals surface area contributed by atoms with Gasteiger partial charge in [-0.3, -0.25) is 4.79 Å². The third-order valence-corrected chi connectivity index (χ3v) is 5.31. The van der Waals surface area contributed by atoms with Crippen LogP contribution in [0.25, 0.3) is 5.69 Å². The molecule has 25 heavy (non-hydrogen) atoms. The zero-order valence-corrected chi connectivity index (χ0v) is 13.7. The van der Waals surface area contributed by atoms with Gasteiger partial charge in [0.1, 0.15) is 12.4 Å². The van der Waals surface area contributed by atoms with Gasteiger partial charge in [-0.05, 0) is 53.8 Å². The first kappa shape index (κ1) is 15.7. The average molecular weight is 341 g/mol. The van der Waals surface area contributed by atoms with Crippen molar-refractivity contribution in [3.05, 3.63) is 36.2 Å². The molecule has 0 bridgehead atoms. The highest BCUT2D eigenvalue weighted by Gasteiger charge is 2.47. The number of likely N-dealkylation sites (tertiary alicyclic amines) is 1. The number of rotatable bonds is 3. The van der Waals surface area contributed by atoms with Crippen molar-refractivity contribution in [1.82, 2.24) is 25.1 Å². The summed E-state index contributed by atoms with van der Waals surface area (Å²) in [6, 6.07) is 6.26. The standard InChI is InChI=1S/C17H19N5O3/c23-16(12-5-3-6-13(8-12)21-10-18-19-20-21)22-14-7-2-1-4-11(14)9-15(22)17(24)25/h3,5-6,8,10-11,14-15H,1-2,4,7,9H2,(H,24,25). The highest BCUT2D eigenvalue weighted by molar-refractivity contribution is 5.97. The van der Waals surface area contributed by atoms with Gasteiger partial charge < -0.3 is 10.0 Å². The smallest absolute Gasteiger partial charge is 0.326 e. The van der Waals surface area contributed by atoms with Crippen molar-refractivity contribution in [3.8, 4) is 5.69 Å². The molecule has 1 aromatic heterocycles.